The number of aliphatic hydroxyl groups is 1. The van der Waals surface area contributed by atoms with E-state index in [1.165, 1.54) is 25.7 Å². The summed E-state index contributed by atoms with van der Waals surface area (Å²) < 4.78 is 0.564. The molecule has 0 aromatic rings. The van der Waals surface area contributed by atoms with E-state index in [-0.39, 0.29) is 6.42 Å². The number of likely N-dealkylation sites (N-methyl/N-ethyl adjacent to an activating group) is 1. The molecule has 0 fully saturated rings. The highest BCUT2D eigenvalue weighted by molar-refractivity contribution is 5.68. The van der Waals surface area contributed by atoms with Crippen molar-refractivity contribution in [2.45, 2.75) is 89.6 Å². The summed E-state index contributed by atoms with van der Waals surface area (Å²) in [5.74, 6) is -0.927. The highest BCUT2D eigenvalue weighted by atomic mass is 16.4. The molecule has 0 aliphatic carbocycles. The predicted octanol–water partition coefficient (Wildman–Crippen LogP) is 5.88. The molecule has 0 heterocycles. The summed E-state index contributed by atoms with van der Waals surface area (Å²) in [5, 5.41) is 19.8. The summed E-state index contributed by atoms with van der Waals surface area (Å²) >= 11 is 0. The molecule has 2 N–H and O–H groups in total. The number of rotatable bonds is 18. The Balaban J connectivity index is 3.85. The number of carboxylic acids is 1. The van der Waals surface area contributed by atoms with Crippen molar-refractivity contribution in [2.75, 3.05) is 27.7 Å². The molecule has 0 rings (SSSR count). The average molecular weight is 409 g/mol. The van der Waals surface area contributed by atoms with Gasteiger partial charge in [0.05, 0.1) is 27.6 Å². The van der Waals surface area contributed by atoms with Crippen LogP contribution in [0.5, 0.6) is 0 Å². The minimum Gasteiger partial charge on any atom is -0.481 e. The second-order valence-corrected chi connectivity index (χ2v) is 9.22. The standard InChI is InChI=1S/C25H45NO3/c1-5-6-7-8-9-10-11-12-13-14-15-16-17-18-19-20-21-25(29,22-24(27)28)23-26(2,3)4/h9-10,12-13,15-16,29H,5-8,11,14,17-23H2,1-4H3/p+1/b10-9-,13-12-,16-15-. The fourth-order valence-corrected chi connectivity index (χ4v) is 3.57. The number of hydrogen-bond acceptors (Lipinski definition) is 2. The molecule has 0 radical (unpaired) electrons. The second-order valence-electron chi connectivity index (χ2n) is 9.22. The third-order valence-corrected chi connectivity index (χ3v) is 4.78. The number of carbonyl (C=O) groups is 1. The minimum atomic E-state index is -1.12. The maximum absolute atomic E-state index is 11.1. The van der Waals surface area contributed by atoms with Crippen LogP contribution in [0.3, 0.4) is 0 Å². The van der Waals surface area contributed by atoms with Crippen LogP contribution in [-0.4, -0.2) is 54.0 Å². The summed E-state index contributed by atoms with van der Waals surface area (Å²) in [5.41, 5.74) is -1.12. The van der Waals surface area contributed by atoms with Gasteiger partial charge in [-0.3, -0.25) is 4.79 Å². The molecule has 0 saturated heterocycles. The molecule has 0 aromatic heterocycles. The van der Waals surface area contributed by atoms with Gasteiger partial charge in [0.1, 0.15) is 12.1 Å². The number of hydrogen-bond donors (Lipinski definition) is 2. The van der Waals surface area contributed by atoms with Crippen LogP contribution in [0.25, 0.3) is 0 Å². The van der Waals surface area contributed by atoms with Crippen molar-refractivity contribution in [3.05, 3.63) is 36.5 Å². The summed E-state index contributed by atoms with van der Waals surface area (Å²) in [7, 11) is 5.95. The minimum absolute atomic E-state index is 0.178. The Labute approximate surface area is 179 Å². The molecule has 1 unspecified atom stereocenters. The molecule has 168 valence electrons. The topological polar surface area (TPSA) is 57.5 Å². The fourth-order valence-electron chi connectivity index (χ4n) is 3.57. The van der Waals surface area contributed by atoms with Gasteiger partial charge in [-0.15, -0.1) is 0 Å². The lowest BCUT2D eigenvalue weighted by Crippen LogP contribution is -2.50. The van der Waals surface area contributed by atoms with E-state index >= 15 is 0 Å². The molecule has 4 heteroatoms. The van der Waals surface area contributed by atoms with Gasteiger partial charge >= 0.3 is 5.97 Å². The number of allylic oxidation sites excluding steroid dienone is 6. The lowest BCUT2D eigenvalue weighted by Gasteiger charge is -2.34. The summed E-state index contributed by atoms with van der Waals surface area (Å²) in [4.78, 5) is 11.1. The Morgan fingerprint density at radius 3 is 1.83 bits per heavy atom. The average Bonchev–Trinajstić information content (AvgIpc) is 2.59. The van der Waals surface area contributed by atoms with Crippen molar-refractivity contribution in [3.8, 4) is 0 Å². The first-order valence-corrected chi connectivity index (χ1v) is 11.4. The number of nitrogens with zero attached hydrogens (tertiary/aromatic N) is 1. The van der Waals surface area contributed by atoms with Gasteiger partial charge in [0, 0.05) is 0 Å². The third-order valence-electron chi connectivity index (χ3n) is 4.78. The highest BCUT2D eigenvalue weighted by Gasteiger charge is 2.35. The Morgan fingerprint density at radius 2 is 1.34 bits per heavy atom. The number of quaternary nitrogens is 1. The van der Waals surface area contributed by atoms with Gasteiger partial charge < -0.3 is 14.7 Å². The van der Waals surface area contributed by atoms with Crippen molar-refractivity contribution in [3.63, 3.8) is 0 Å². The lowest BCUT2D eigenvalue weighted by atomic mass is 9.91. The molecule has 0 aliphatic rings. The zero-order valence-electron chi connectivity index (χ0n) is 19.4. The fraction of sp³-hybridized carbons (Fsp3) is 0.720. The molecular formula is C25H46NO3+. The largest absolute Gasteiger partial charge is 0.481 e. The van der Waals surface area contributed by atoms with Gasteiger partial charge in [0.25, 0.3) is 0 Å². The van der Waals surface area contributed by atoms with Gasteiger partial charge in [0.15, 0.2) is 0 Å². The SMILES string of the molecule is CCCCC/C=C\C/C=C\C/C=C\CCCCCC(O)(CC(=O)O)C[N+](C)(C)C. The van der Waals surface area contributed by atoms with Gasteiger partial charge in [-0.1, -0.05) is 69.1 Å². The predicted molar refractivity (Wildman–Crippen MR) is 124 cm³/mol. The van der Waals surface area contributed by atoms with Gasteiger partial charge in [0.2, 0.25) is 0 Å². The highest BCUT2D eigenvalue weighted by Crippen LogP contribution is 2.22. The molecule has 0 aromatic carbocycles. The Hall–Kier alpha value is -1.39. The van der Waals surface area contributed by atoms with Crippen LogP contribution < -0.4 is 0 Å². The van der Waals surface area contributed by atoms with Crippen molar-refractivity contribution in [1.29, 1.82) is 0 Å². The van der Waals surface area contributed by atoms with E-state index in [0.29, 0.717) is 17.4 Å². The van der Waals surface area contributed by atoms with Crippen molar-refractivity contribution < 1.29 is 19.5 Å². The lowest BCUT2D eigenvalue weighted by molar-refractivity contribution is -0.877. The number of carboxylic acid groups (broad SMARTS) is 1. The second kappa shape index (κ2) is 16.4. The molecule has 0 spiro atoms. The Kier molecular flexibility index (Phi) is 15.6. The Morgan fingerprint density at radius 1 is 0.828 bits per heavy atom. The normalized spacial score (nSPS) is 14.9. The van der Waals surface area contributed by atoms with E-state index in [9.17, 15) is 9.90 Å². The zero-order valence-corrected chi connectivity index (χ0v) is 19.4. The van der Waals surface area contributed by atoms with Crippen LogP contribution >= 0.6 is 0 Å². The van der Waals surface area contributed by atoms with Crippen LogP contribution in [0.4, 0.5) is 0 Å². The summed E-state index contributed by atoms with van der Waals surface area (Å²) in [6.07, 6.45) is 24.9. The molecule has 0 saturated carbocycles. The quantitative estimate of drug-likeness (QED) is 0.169. The smallest absolute Gasteiger partial charge is 0.306 e. The van der Waals surface area contributed by atoms with Gasteiger partial charge in [-0.05, 0) is 44.9 Å². The zero-order chi connectivity index (χ0) is 22.0. The van der Waals surface area contributed by atoms with Crippen LogP contribution in [-0.2, 0) is 4.79 Å². The molecule has 29 heavy (non-hydrogen) atoms. The molecule has 4 nitrogen and oxygen atoms in total. The molecule has 0 aliphatic heterocycles. The number of aliphatic carboxylic acids is 1. The summed E-state index contributed by atoms with van der Waals surface area (Å²) in [6.45, 7) is 2.69. The Bertz CT molecular complexity index is 503. The first kappa shape index (κ1) is 27.6. The first-order valence-electron chi connectivity index (χ1n) is 11.4. The van der Waals surface area contributed by atoms with E-state index in [2.05, 4.69) is 43.4 Å². The molecule has 0 amide bonds. The molecular weight excluding hydrogens is 362 g/mol. The monoisotopic (exact) mass is 408 g/mol. The van der Waals surface area contributed by atoms with Crippen molar-refractivity contribution in [2.24, 2.45) is 0 Å². The van der Waals surface area contributed by atoms with Crippen LogP contribution in [0.1, 0.15) is 84.0 Å². The molecule has 1 atom stereocenters. The molecule has 0 bridgehead atoms. The first-order chi connectivity index (χ1) is 13.7. The number of unbranched alkanes of at least 4 members (excludes halogenated alkanes) is 6. The van der Waals surface area contributed by atoms with E-state index in [0.717, 1.165) is 38.5 Å². The van der Waals surface area contributed by atoms with Crippen LogP contribution in [0.2, 0.25) is 0 Å². The van der Waals surface area contributed by atoms with Crippen molar-refractivity contribution >= 4 is 5.97 Å². The van der Waals surface area contributed by atoms with E-state index in [1.54, 1.807) is 0 Å². The van der Waals surface area contributed by atoms with Gasteiger partial charge in [-0.2, -0.15) is 0 Å². The van der Waals surface area contributed by atoms with E-state index in [4.69, 9.17) is 5.11 Å². The third kappa shape index (κ3) is 19.7. The van der Waals surface area contributed by atoms with Crippen LogP contribution in [0.15, 0.2) is 36.5 Å². The maximum atomic E-state index is 11.1. The van der Waals surface area contributed by atoms with Crippen molar-refractivity contribution in [1.82, 2.24) is 0 Å². The van der Waals surface area contributed by atoms with Crippen LogP contribution in [0, 0.1) is 0 Å². The maximum Gasteiger partial charge on any atom is 0.306 e. The van der Waals surface area contributed by atoms with E-state index < -0.39 is 11.6 Å². The van der Waals surface area contributed by atoms with E-state index in [1.807, 2.05) is 21.1 Å². The summed E-state index contributed by atoms with van der Waals surface area (Å²) in [6, 6.07) is 0. The van der Waals surface area contributed by atoms with Gasteiger partial charge in [-0.25, -0.2) is 0 Å².